The van der Waals surface area contributed by atoms with Gasteiger partial charge in [-0.25, -0.2) is 4.98 Å². The molecule has 2 heterocycles. The molecule has 30 heavy (non-hydrogen) atoms. The molecular weight excluding hydrogens is 390 g/mol. The van der Waals surface area contributed by atoms with Crippen molar-refractivity contribution in [1.82, 2.24) is 14.5 Å². The Morgan fingerprint density at radius 2 is 1.77 bits per heavy atom. The predicted octanol–water partition coefficient (Wildman–Crippen LogP) is 6.50. The van der Waals surface area contributed by atoms with E-state index in [1.54, 1.807) is 0 Å². The number of hydrogen-bond donors (Lipinski definition) is 0. The monoisotopic (exact) mass is 421 g/mol. The lowest BCUT2D eigenvalue weighted by atomic mass is 9.87. The number of fused-ring (bicyclic) bond motifs is 1. The second-order valence-electron chi connectivity index (χ2n) is 9.06. The van der Waals surface area contributed by atoms with Crippen molar-refractivity contribution in [2.24, 2.45) is 13.0 Å². The summed E-state index contributed by atoms with van der Waals surface area (Å²) < 4.78 is 2.20. The molecule has 158 valence electrons. The average Bonchev–Trinajstić information content (AvgIpc) is 2.97. The molecule has 1 aliphatic heterocycles. The normalized spacial score (nSPS) is 16.8. The van der Waals surface area contributed by atoms with Crippen LogP contribution in [-0.2, 0) is 20.0 Å². The van der Waals surface area contributed by atoms with Crippen molar-refractivity contribution in [2.45, 2.75) is 53.1 Å². The number of aryl methyl sites for hydroxylation is 2. The van der Waals surface area contributed by atoms with E-state index in [-0.39, 0.29) is 0 Å². The lowest BCUT2D eigenvalue weighted by molar-refractivity contribution is 0.151. The molecule has 3 nitrogen and oxygen atoms in total. The lowest BCUT2D eigenvalue weighted by Crippen LogP contribution is -2.36. The smallest absolute Gasteiger partial charge is 0.152 e. The van der Waals surface area contributed by atoms with Crippen LogP contribution in [0.2, 0.25) is 5.15 Å². The molecule has 0 fully saturated rings. The number of aromatic nitrogens is 2. The Balaban J connectivity index is 1.70. The zero-order chi connectivity index (χ0) is 21.4. The highest BCUT2D eigenvalue weighted by Gasteiger charge is 2.29. The SMILES string of the molecule is Cc1cccc(C)c1-c1nc(Cl)c(CN2CCc3ccccc3C2CC(C)C)n1C. The van der Waals surface area contributed by atoms with Gasteiger partial charge in [-0.3, -0.25) is 4.90 Å². The maximum atomic E-state index is 6.72. The minimum Gasteiger partial charge on any atom is -0.329 e. The van der Waals surface area contributed by atoms with Gasteiger partial charge in [0, 0.05) is 31.7 Å². The van der Waals surface area contributed by atoms with Gasteiger partial charge in [0.05, 0.1) is 5.69 Å². The van der Waals surface area contributed by atoms with E-state index in [0.29, 0.717) is 17.1 Å². The second-order valence-corrected chi connectivity index (χ2v) is 9.42. The average molecular weight is 422 g/mol. The summed E-state index contributed by atoms with van der Waals surface area (Å²) in [6.07, 6.45) is 2.24. The van der Waals surface area contributed by atoms with E-state index >= 15 is 0 Å². The van der Waals surface area contributed by atoms with Crippen LogP contribution in [0.25, 0.3) is 11.4 Å². The molecule has 2 aromatic carbocycles. The van der Waals surface area contributed by atoms with Gasteiger partial charge in [-0.15, -0.1) is 0 Å². The zero-order valence-electron chi connectivity index (χ0n) is 18.7. The molecule has 0 radical (unpaired) electrons. The number of rotatable bonds is 5. The fourth-order valence-corrected chi connectivity index (χ4v) is 5.14. The molecule has 1 atom stereocenters. The van der Waals surface area contributed by atoms with E-state index in [2.05, 4.69) is 86.7 Å². The minimum atomic E-state index is 0.421. The highest BCUT2D eigenvalue weighted by molar-refractivity contribution is 6.30. The maximum Gasteiger partial charge on any atom is 0.152 e. The van der Waals surface area contributed by atoms with Crippen LogP contribution in [0.5, 0.6) is 0 Å². The van der Waals surface area contributed by atoms with Crippen molar-refractivity contribution >= 4 is 11.6 Å². The second kappa shape index (κ2) is 8.56. The van der Waals surface area contributed by atoms with Gasteiger partial charge in [0.25, 0.3) is 0 Å². The van der Waals surface area contributed by atoms with Crippen molar-refractivity contribution in [3.8, 4) is 11.4 Å². The Morgan fingerprint density at radius 3 is 2.47 bits per heavy atom. The Morgan fingerprint density at radius 1 is 1.07 bits per heavy atom. The van der Waals surface area contributed by atoms with Crippen LogP contribution in [-0.4, -0.2) is 21.0 Å². The molecule has 1 unspecified atom stereocenters. The Kier molecular flexibility index (Phi) is 6.04. The van der Waals surface area contributed by atoms with Crippen LogP contribution < -0.4 is 0 Å². The van der Waals surface area contributed by atoms with Crippen LogP contribution in [0.1, 0.15) is 54.3 Å². The van der Waals surface area contributed by atoms with Crippen molar-refractivity contribution in [3.63, 3.8) is 0 Å². The van der Waals surface area contributed by atoms with Crippen molar-refractivity contribution in [1.29, 1.82) is 0 Å². The Bertz CT molecular complexity index is 1030. The standard InChI is InChI=1S/C26H32ClN3/c1-17(2)15-22-21-12-7-6-11-20(21)13-14-30(22)16-23-25(27)28-26(29(23)5)24-18(3)9-8-10-19(24)4/h6-12,17,22H,13-16H2,1-5H3. The molecule has 0 saturated heterocycles. The molecule has 4 rings (SSSR count). The summed E-state index contributed by atoms with van der Waals surface area (Å²) >= 11 is 6.72. The van der Waals surface area contributed by atoms with E-state index in [4.69, 9.17) is 16.6 Å². The molecular formula is C26H32ClN3. The number of benzene rings is 2. The fraction of sp³-hybridized carbons (Fsp3) is 0.423. The topological polar surface area (TPSA) is 21.1 Å². The zero-order valence-corrected chi connectivity index (χ0v) is 19.5. The summed E-state index contributed by atoms with van der Waals surface area (Å²) in [6, 6.07) is 15.7. The van der Waals surface area contributed by atoms with E-state index in [1.807, 2.05) is 0 Å². The van der Waals surface area contributed by atoms with Gasteiger partial charge in [0.15, 0.2) is 5.15 Å². The predicted molar refractivity (Wildman–Crippen MR) is 126 cm³/mol. The van der Waals surface area contributed by atoms with E-state index in [9.17, 15) is 0 Å². The molecule has 0 bridgehead atoms. The molecule has 4 heteroatoms. The maximum absolute atomic E-state index is 6.72. The van der Waals surface area contributed by atoms with Crippen molar-refractivity contribution < 1.29 is 0 Å². The third kappa shape index (κ3) is 3.93. The number of halogens is 1. The minimum absolute atomic E-state index is 0.421. The summed E-state index contributed by atoms with van der Waals surface area (Å²) in [6.45, 7) is 10.8. The van der Waals surface area contributed by atoms with Crippen molar-refractivity contribution in [2.75, 3.05) is 6.54 Å². The van der Waals surface area contributed by atoms with Gasteiger partial charge in [-0.2, -0.15) is 0 Å². The quantitative estimate of drug-likeness (QED) is 0.468. The van der Waals surface area contributed by atoms with Gasteiger partial charge in [0.2, 0.25) is 0 Å². The molecule has 1 aromatic heterocycles. The van der Waals surface area contributed by atoms with Crippen LogP contribution in [0.3, 0.4) is 0 Å². The summed E-state index contributed by atoms with van der Waals surface area (Å²) in [7, 11) is 2.10. The highest BCUT2D eigenvalue weighted by atomic mass is 35.5. The molecule has 0 spiro atoms. The highest BCUT2D eigenvalue weighted by Crippen LogP contribution is 2.37. The van der Waals surface area contributed by atoms with Crippen LogP contribution in [0, 0.1) is 19.8 Å². The first-order valence-corrected chi connectivity index (χ1v) is 11.3. The summed E-state index contributed by atoms with van der Waals surface area (Å²) in [5.74, 6) is 1.60. The number of imidazole rings is 1. The van der Waals surface area contributed by atoms with Crippen LogP contribution >= 0.6 is 11.6 Å². The molecule has 0 saturated carbocycles. The largest absolute Gasteiger partial charge is 0.329 e. The van der Waals surface area contributed by atoms with Gasteiger partial charge in [-0.05, 0) is 54.9 Å². The third-order valence-electron chi connectivity index (χ3n) is 6.44. The molecule has 1 aliphatic rings. The van der Waals surface area contributed by atoms with Gasteiger partial charge in [-0.1, -0.05) is 67.9 Å². The first-order valence-electron chi connectivity index (χ1n) is 11.0. The lowest BCUT2D eigenvalue weighted by Gasteiger charge is -2.38. The van der Waals surface area contributed by atoms with Gasteiger partial charge >= 0.3 is 0 Å². The Hall–Kier alpha value is -2.10. The summed E-state index contributed by atoms with van der Waals surface area (Å²) in [5, 5.41) is 0.623. The van der Waals surface area contributed by atoms with Gasteiger partial charge < -0.3 is 4.57 Å². The first kappa shape index (κ1) is 21.1. The summed E-state index contributed by atoms with van der Waals surface area (Å²) in [5.41, 5.74) is 7.72. The molecule has 3 aromatic rings. The molecule has 0 amide bonds. The van der Waals surface area contributed by atoms with E-state index in [1.165, 1.54) is 27.8 Å². The van der Waals surface area contributed by atoms with Gasteiger partial charge in [0.1, 0.15) is 5.82 Å². The Labute approximate surface area is 185 Å². The van der Waals surface area contributed by atoms with Crippen LogP contribution in [0.15, 0.2) is 42.5 Å². The summed E-state index contributed by atoms with van der Waals surface area (Å²) in [4.78, 5) is 7.40. The number of hydrogen-bond acceptors (Lipinski definition) is 2. The molecule has 0 aliphatic carbocycles. The van der Waals surface area contributed by atoms with E-state index in [0.717, 1.165) is 37.4 Å². The van der Waals surface area contributed by atoms with Crippen molar-refractivity contribution in [3.05, 3.63) is 75.6 Å². The van der Waals surface area contributed by atoms with Crippen LogP contribution in [0.4, 0.5) is 0 Å². The first-order chi connectivity index (χ1) is 14.4. The number of nitrogens with zero attached hydrogens (tertiary/aromatic N) is 3. The molecule has 0 N–H and O–H groups in total. The fourth-order valence-electron chi connectivity index (χ4n) is 4.87. The van der Waals surface area contributed by atoms with E-state index < -0.39 is 0 Å². The third-order valence-corrected chi connectivity index (χ3v) is 6.74.